The lowest BCUT2D eigenvalue weighted by molar-refractivity contribution is 0.102. The first-order valence-electron chi connectivity index (χ1n) is 8.25. The summed E-state index contributed by atoms with van der Waals surface area (Å²) in [7, 11) is 1.54. The van der Waals surface area contributed by atoms with E-state index in [1.54, 1.807) is 31.3 Å². The van der Waals surface area contributed by atoms with Crippen molar-refractivity contribution in [2.75, 3.05) is 5.32 Å². The van der Waals surface area contributed by atoms with E-state index in [-0.39, 0.29) is 17.2 Å². The summed E-state index contributed by atoms with van der Waals surface area (Å²) >= 11 is 0. The van der Waals surface area contributed by atoms with Crippen LogP contribution in [0.5, 0.6) is 0 Å². The van der Waals surface area contributed by atoms with Gasteiger partial charge in [0.1, 0.15) is 0 Å². The smallest absolute Gasteiger partial charge is 0.276 e. The van der Waals surface area contributed by atoms with Gasteiger partial charge in [0.25, 0.3) is 11.5 Å². The van der Waals surface area contributed by atoms with Gasteiger partial charge < -0.3 is 5.32 Å². The van der Waals surface area contributed by atoms with Gasteiger partial charge in [-0.2, -0.15) is 10.2 Å². The molecular formula is C18H21N5O2. The number of aryl methyl sites for hydroxylation is 3. The Balaban J connectivity index is 2.05. The largest absolute Gasteiger partial charge is 0.317 e. The van der Waals surface area contributed by atoms with Crippen molar-refractivity contribution >= 4 is 22.4 Å². The molecule has 0 aliphatic heterocycles. The van der Waals surface area contributed by atoms with Gasteiger partial charge in [0.05, 0.1) is 22.5 Å². The number of rotatable bonds is 4. The lowest BCUT2D eigenvalue weighted by atomic mass is 10.1. The van der Waals surface area contributed by atoms with Crippen molar-refractivity contribution in [2.45, 2.75) is 33.7 Å². The van der Waals surface area contributed by atoms with Crippen LogP contribution < -0.4 is 10.9 Å². The Kier molecular flexibility index (Phi) is 4.39. The molecular weight excluding hydrogens is 318 g/mol. The molecule has 3 rings (SSSR count). The Bertz CT molecular complexity index is 1020. The maximum Gasteiger partial charge on any atom is 0.276 e. The molecule has 25 heavy (non-hydrogen) atoms. The Morgan fingerprint density at radius 1 is 1.16 bits per heavy atom. The minimum Gasteiger partial charge on any atom is -0.317 e. The molecule has 1 N–H and O–H groups in total. The average Bonchev–Trinajstić information content (AvgIpc) is 2.86. The van der Waals surface area contributed by atoms with E-state index in [1.165, 1.54) is 4.68 Å². The second kappa shape index (κ2) is 6.51. The maximum atomic E-state index is 12.8. The minimum atomic E-state index is -0.353. The van der Waals surface area contributed by atoms with Gasteiger partial charge >= 0.3 is 0 Å². The van der Waals surface area contributed by atoms with Crippen LogP contribution in [-0.2, 0) is 13.6 Å². The zero-order valence-corrected chi connectivity index (χ0v) is 14.8. The summed E-state index contributed by atoms with van der Waals surface area (Å²) in [6.45, 7) is 6.66. The number of carbonyl (C=O) groups excluding carboxylic acids is 1. The summed E-state index contributed by atoms with van der Waals surface area (Å²) < 4.78 is 3.08. The summed E-state index contributed by atoms with van der Waals surface area (Å²) in [6.07, 6.45) is 0.961. The Morgan fingerprint density at radius 2 is 1.84 bits per heavy atom. The first-order chi connectivity index (χ1) is 11.9. The standard InChI is InChI=1S/C18H21N5O2/c1-5-10-23-12(3)15(11(2)20-23)19-17(24)16-13-8-6-7-9-14(13)18(25)22(4)21-16/h6-9H,5,10H2,1-4H3,(H,19,24). The number of nitrogens with zero attached hydrogens (tertiary/aromatic N) is 4. The molecule has 0 saturated heterocycles. The quantitative estimate of drug-likeness (QED) is 0.791. The van der Waals surface area contributed by atoms with Gasteiger partial charge in [-0.15, -0.1) is 0 Å². The third-order valence-corrected chi connectivity index (χ3v) is 4.23. The van der Waals surface area contributed by atoms with Crippen LogP contribution in [0, 0.1) is 13.8 Å². The summed E-state index contributed by atoms with van der Waals surface area (Å²) in [5, 5.41) is 12.6. The van der Waals surface area contributed by atoms with Crippen LogP contribution >= 0.6 is 0 Å². The predicted molar refractivity (Wildman–Crippen MR) is 96.9 cm³/mol. The van der Waals surface area contributed by atoms with Gasteiger partial charge in [0.15, 0.2) is 5.69 Å². The molecule has 7 nitrogen and oxygen atoms in total. The van der Waals surface area contributed by atoms with Crippen molar-refractivity contribution in [2.24, 2.45) is 7.05 Å². The van der Waals surface area contributed by atoms with E-state index in [2.05, 4.69) is 22.4 Å². The second-order valence-electron chi connectivity index (χ2n) is 6.05. The fraction of sp³-hybridized carbons (Fsp3) is 0.333. The van der Waals surface area contributed by atoms with Crippen molar-refractivity contribution in [1.29, 1.82) is 0 Å². The fourth-order valence-corrected chi connectivity index (χ4v) is 2.95. The Labute approximate surface area is 145 Å². The highest BCUT2D eigenvalue weighted by Gasteiger charge is 2.19. The van der Waals surface area contributed by atoms with Crippen LogP contribution in [-0.4, -0.2) is 25.5 Å². The first-order valence-corrected chi connectivity index (χ1v) is 8.25. The summed E-state index contributed by atoms with van der Waals surface area (Å²) in [4.78, 5) is 25.0. The van der Waals surface area contributed by atoms with Crippen molar-refractivity contribution < 1.29 is 4.79 Å². The van der Waals surface area contributed by atoms with Crippen LogP contribution in [0.2, 0.25) is 0 Å². The van der Waals surface area contributed by atoms with Crippen LogP contribution in [0.15, 0.2) is 29.1 Å². The van der Waals surface area contributed by atoms with E-state index in [9.17, 15) is 9.59 Å². The summed E-state index contributed by atoms with van der Waals surface area (Å²) in [6, 6.07) is 7.00. The average molecular weight is 339 g/mol. The van der Waals surface area contributed by atoms with Crippen LogP contribution in [0.4, 0.5) is 5.69 Å². The summed E-state index contributed by atoms with van der Waals surface area (Å²) in [5.74, 6) is -0.353. The van der Waals surface area contributed by atoms with Crippen LogP contribution in [0.1, 0.15) is 35.2 Å². The highest BCUT2D eigenvalue weighted by atomic mass is 16.2. The van der Waals surface area contributed by atoms with E-state index in [0.29, 0.717) is 16.5 Å². The van der Waals surface area contributed by atoms with Gasteiger partial charge in [-0.05, 0) is 26.3 Å². The number of aromatic nitrogens is 4. The third-order valence-electron chi connectivity index (χ3n) is 4.23. The number of amides is 1. The highest BCUT2D eigenvalue weighted by molar-refractivity contribution is 6.11. The highest BCUT2D eigenvalue weighted by Crippen LogP contribution is 2.21. The lowest BCUT2D eigenvalue weighted by Gasteiger charge is -2.09. The number of nitrogens with one attached hydrogen (secondary N) is 1. The molecule has 0 bridgehead atoms. The number of hydrogen-bond acceptors (Lipinski definition) is 4. The molecule has 3 aromatic rings. The molecule has 0 radical (unpaired) electrons. The van der Waals surface area contributed by atoms with E-state index >= 15 is 0 Å². The first kappa shape index (κ1) is 16.9. The van der Waals surface area contributed by atoms with Crippen LogP contribution in [0.3, 0.4) is 0 Å². The van der Waals surface area contributed by atoms with Gasteiger partial charge in [-0.3, -0.25) is 14.3 Å². The van der Waals surface area contributed by atoms with Gasteiger partial charge in [0.2, 0.25) is 0 Å². The Morgan fingerprint density at radius 3 is 2.52 bits per heavy atom. The molecule has 0 fully saturated rings. The molecule has 1 aromatic carbocycles. The van der Waals surface area contributed by atoms with Gasteiger partial charge in [-0.25, -0.2) is 4.68 Å². The molecule has 2 heterocycles. The Hall–Kier alpha value is -2.96. The molecule has 0 aliphatic rings. The minimum absolute atomic E-state index is 0.222. The number of fused-ring (bicyclic) bond motifs is 1. The molecule has 0 atom stereocenters. The zero-order chi connectivity index (χ0) is 18.1. The van der Waals surface area contributed by atoms with Crippen molar-refractivity contribution in [3.05, 3.63) is 51.7 Å². The van der Waals surface area contributed by atoms with Crippen LogP contribution in [0.25, 0.3) is 10.8 Å². The second-order valence-corrected chi connectivity index (χ2v) is 6.05. The molecule has 1 amide bonds. The van der Waals surface area contributed by atoms with E-state index in [4.69, 9.17) is 0 Å². The van der Waals surface area contributed by atoms with Crippen molar-refractivity contribution in [3.8, 4) is 0 Å². The monoisotopic (exact) mass is 339 g/mol. The molecule has 7 heteroatoms. The van der Waals surface area contributed by atoms with Crippen molar-refractivity contribution in [3.63, 3.8) is 0 Å². The topological polar surface area (TPSA) is 81.8 Å². The third kappa shape index (κ3) is 2.93. The van der Waals surface area contributed by atoms with E-state index in [1.807, 2.05) is 18.5 Å². The molecule has 0 unspecified atom stereocenters. The zero-order valence-electron chi connectivity index (χ0n) is 14.8. The summed E-state index contributed by atoms with van der Waals surface area (Å²) in [5.41, 5.74) is 2.35. The van der Waals surface area contributed by atoms with Crippen molar-refractivity contribution in [1.82, 2.24) is 19.6 Å². The number of hydrogen-bond donors (Lipinski definition) is 1. The van der Waals surface area contributed by atoms with E-state index < -0.39 is 0 Å². The normalized spacial score (nSPS) is 11.0. The molecule has 0 spiro atoms. The molecule has 2 aromatic heterocycles. The predicted octanol–water partition coefficient (Wildman–Crippen LogP) is 2.41. The van der Waals surface area contributed by atoms with Gasteiger partial charge in [-0.1, -0.05) is 25.1 Å². The molecule has 130 valence electrons. The van der Waals surface area contributed by atoms with E-state index in [0.717, 1.165) is 24.4 Å². The number of benzene rings is 1. The fourth-order valence-electron chi connectivity index (χ4n) is 2.95. The molecule has 0 saturated carbocycles. The number of carbonyl (C=O) groups is 1. The molecule has 0 aliphatic carbocycles. The lowest BCUT2D eigenvalue weighted by Crippen LogP contribution is -2.25. The maximum absolute atomic E-state index is 12.8. The number of anilines is 1. The van der Waals surface area contributed by atoms with Gasteiger partial charge in [0, 0.05) is 19.0 Å². The SMILES string of the molecule is CCCn1nc(C)c(NC(=O)c2nn(C)c(=O)c3ccccc23)c1C.